The van der Waals surface area contributed by atoms with E-state index in [4.69, 9.17) is 9.47 Å². The van der Waals surface area contributed by atoms with E-state index in [2.05, 4.69) is 10.6 Å². The first-order valence-corrected chi connectivity index (χ1v) is 9.93. The van der Waals surface area contributed by atoms with Crippen molar-refractivity contribution in [3.63, 3.8) is 0 Å². The van der Waals surface area contributed by atoms with E-state index >= 15 is 0 Å². The Morgan fingerprint density at radius 2 is 1.62 bits per heavy atom. The summed E-state index contributed by atoms with van der Waals surface area (Å²) in [6.07, 6.45) is 0.715. The van der Waals surface area contributed by atoms with Gasteiger partial charge in [-0.15, -0.1) is 0 Å². The molecule has 0 radical (unpaired) electrons. The smallest absolute Gasteiger partial charge is 0.408 e. The molecule has 0 heterocycles. The number of carbonyl (C=O) groups excluding carboxylic acids is 3. The lowest BCUT2D eigenvalue weighted by Crippen LogP contribution is -2.53. The van der Waals surface area contributed by atoms with E-state index in [1.54, 1.807) is 20.8 Å². The zero-order valence-electron chi connectivity index (χ0n) is 18.3. The first-order chi connectivity index (χ1) is 13.5. The molecule has 1 rings (SSSR count). The van der Waals surface area contributed by atoms with E-state index in [0.29, 0.717) is 19.3 Å². The monoisotopic (exact) mass is 406 g/mol. The number of methoxy groups -OCH3 is 1. The summed E-state index contributed by atoms with van der Waals surface area (Å²) in [4.78, 5) is 37.2. The van der Waals surface area contributed by atoms with Gasteiger partial charge < -0.3 is 20.1 Å². The van der Waals surface area contributed by atoms with Crippen LogP contribution in [0.25, 0.3) is 0 Å². The van der Waals surface area contributed by atoms with Gasteiger partial charge in [-0.25, -0.2) is 9.59 Å². The maximum absolute atomic E-state index is 12.9. The van der Waals surface area contributed by atoms with Crippen molar-refractivity contribution in [3.05, 3.63) is 35.9 Å². The molecule has 2 N–H and O–H groups in total. The van der Waals surface area contributed by atoms with Gasteiger partial charge in [0.2, 0.25) is 5.91 Å². The van der Waals surface area contributed by atoms with Crippen molar-refractivity contribution in [2.24, 2.45) is 5.92 Å². The van der Waals surface area contributed by atoms with Gasteiger partial charge in [-0.2, -0.15) is 0 Å². The molecule has 0 unspecified atom stereocenters. The Kier molecular flexibility index (Phi) is 9.65. The van der Waals surface area contributed by atoms with Gasteiger partial charge in [-0.05, 0) is 51.5 Å². The number of benzene rings is 1. The predicted octanol–water partition coefficient (Wildman–Crippen LogP) is 3.22. The number of hydrogen-bond donors (Lipinski definition) is 2. The van der Waals surface area contributed by atoms with Crippen LogP contribution in [0.1, 0.15) is 53.0 Å². The summed E-state index contributed by atoms with van der Waals surface area (Å²) in [5, 5.41) is 5.35. The van der Waals surface area contributed by atoms with Gasteiger partial charge in [-0.3, -0.25) is 4.79 Å². The summed E-state index contributed by atoms with van der Waals surface area (Å²) in [7, 11) is 1.29. The topological polar surface area (TPSA) is 93.7 Å². The Hall–Kier alpha value is -2.57. The first kappa shape index (κ1) is 24.5. The van der Waals surface area contributed by atoms with E-state index < -0.39 is 35.7 Å². The van der Waals surface area contributed by atoms with Crippen LogP contribution in [0.4, 0.5) is 4.79 Å². The number of rotatable bonds is 9. The van der Waals surface area contributed by atoms with Crippen LogP contribution < -0.4 is 10.6 Å². The van der Waals surface area contributed by atoms with Crippen LogP contribution >= 0.6 is 0 Å². The first-order valence-electron chi connectivity index (χ1n) is 9.93. The average molecular weight is 407 g/mol. The molecular weight excluding hydrogens is 372 g/mol. The average Bonchev–Trinajstić information content (AvgIpc) is 2.62. The van der Waals surface area contributed by atoms with Gasteiger partial charge in [-0.1, -0.05) is 44.2 Å². The van der Waals surface area contributed by atoms with Gasteiger partial charge in [0.05, 0.1) is 7.11 Å². The minimum atomic E-state index is -0.843. The summed E-state index contributed by atoms with van der Waals surface area (Å²) in [6.45, 7) is 9.16. The van der Waals surface area contributed by atoms with Crippen LogP contribution in [-0.2, 0) is 25.5 Å². The zero-order chi connectivity index (χ0) is 22.0. The predicted molar refractivity (Wildman–Crippen MR) is 111 cm³/mol. The number of ether oxygens (including phenoxy) is 2. The molecule has 0 spiro atoms. The molecule has 2 amide bonds. The number of aryl methyl sites for hydroxylation is 1. The molecule has 0 aliphatic carbocycles. The molecule has 0 aliphatic rings. The summed E-state index contributed by atoms with van der Waals surface area (Å²) >= 11 is 0. The second-order valence-corrected chi connectivity index (χ2v) is 8.44. The summed E-state index contributed by atoms with van der Waals surface area (Å²) in [6, 6.07) is 8.05. The van der Waals surface area contributed by atoms with Crippen molar-refractivity contribution >= 4 is 18.0 Å². The zero-order valence-corrected chi connectivity index (χ0v) is 18.3. The molecule has 0 saturated heterocycles. The Morgan fingerprint density at radius 3 is 2.14 bits per heavy atom. The van der Waals surface area contributed by atoms with Crippen LogP contribution in [0.15, 0.2) is 30.3 Å². The van der Waals surface area contributed by atoms with Crippen molar-refractivity contribution in [2.45, 2.75) is 71.6 Å². The van der Waals surface area contributed by atoms with Crippen LogP contribution in [0.2, 0.25) is 0 Å². The number of esters is 1. The van der Waals surface area contributed by atoms with Crippen molar-refractivity contribution in [2.75, 3.05) is 7.11 Å². The third-order valence-electron chi connectivity index (χ3n) is 4.08. The SMILES string of the molecule is COC(=O)[C@H](CC(C)C)NC(=O)[C@H](CCc1ccccc1)NC(=O)OC(C)(C)C. The molecule has 1 aromatic carbocycles. The highest BCUT2D eigenvalue weighted by molar-refractivity contribution is 5.89. The highest BCUT2D eigenvalue weighted by Gasteiger charge is 2.29. The normalized spacial score (nSPS) is 13.3. The van der Waals surface area contributed by atoms with Crippen LogP contribution in [0.5, 0.6) is 0 Å². The second kappa shape index (κ2) is 11.4. The molecule has 0 fully saturated rings. The molecule has 0 saturated carbocycles. The Labute approximate surface area is 173 Å². The molecule has 7 heteroatoms. The highest BCUT2D eigenvalue weighted by Crippen LogP contribution is 2.11. The molecule has 0 aliphatic heterocycles. The fourth-order valence-electron chi connectivity index (χ4n) is 2.77. The summed E-state index contributed by atoms with van der Waals surface area (Å²) in [5.74, 6) is -0.769. The van der Waals surface area contributed by atoms with Gasteiger partial charge in [0.25, 0.3) is 0 Å². The number of amides is 2. The molecule has 29 heavy (non-hydrogen) atoms. The molecule has 162 valence electrons. The lowest BCUT2D eigenvalue weighted by Gasteiger charge is -2.25. The van der Waals surface area contributed by atoms with E-state index in [1.807, 2.05) is 44.2 Å². The lowest BCUT2D eigenvalue weighted by atomic mass is 10.0. The van der Waals surface area contributed by atoms with Crippen molar-refractivity contribution in [1.29, 1.82) is 0 Å². The largest absolute Gasteiger partial charge is 0.467 e. The minimum absolute atomic E-state index is 0.181. The van der Waals surface area contributed by atoms with Crippen molar-refractivity contribution in [3.8, 4) is 0 Å². The van der Waals surface area contributed by atoms with E-state index in [0.717, 1.165) is 5.56 Å². The van der Waals surface area contributed by atoms with Crippen molar-refractivity contribution < 1.29 is 23.9 Å². The lowest BCUT2D eigenvalue weighted by molar-refractivity contribution is -0.145. The molecule has 2 atom stereocenters. The van der Waals surface area contributed by atoms with Gasteiger partial charge in [0.1, 0.15) is 17.7 Å². The Balaban J connectivity index is 2.89. The Bertz CT molecular complexity index is 668. The molecule has 1 aromatic rings. The number of carbonyl (C=O) groups is 3. The maximum atomic E-state index is 12.9. The van der Waals surface area contributed by atoms with Crippen LogP contribution in [0, 0.1) is 5.92 Å². The molecule has 0 aromatic heterocycles. The summed E-state index contributed by atoms with van der Waals surface area (Å²) in [5.41, 5.74) is 0.361. The number of nitrogens with one attached hydrogen (secondary N) is 2. The van der Waals surface area contributed by atoms with E-state index in [-0.39, 0.29) is 5.92 Å². The minimum Gasteiger partial charge on any atom is -0.467 e. The Morgan fingerprint density at radius 1 is 1.00 bits per heavy atom. The number of hydrogen-bond acceptors (Lipinski definition) is 5. The summed E-state index contributed by atoms with van der Waals surface area (Å²) < 4.78 is 10.1. The fraction of sp³-hybridized carbons (Fsp3) is 0.591. The van der Waals surface area contributed by atoms with Crippen molar-refractivity contribution in [1.82, 2.24) is 10.6 Å². The van der Waals surface area contributed by atoms with Crippen LogP contribution in [0.3, 0.4) is 0 Å². The highest BCUT2D eigenvalue weighted by atomic mass is 16.6. The third kappa shape index (κ3) is 9.96. The van der Waals surface area contributed by atoms with E-state index in [1.165, 1.54) is 7.11 Å². The van der Waals surface area contributed by atoms with Gasteiger partial charge >= 0.3 is 12.1 Å². The maximum Gasteiger partial charge on any atom is 0.408 e. The molecule has 7 nitrogen and oxygen atoms in total. The number of alkyl carbamates (subject to hydrolysis) is 1. The van der Waals surface area contributed by atoms with Crippen LogP contribution in [-0.4, -0.2) is 42.8 Å². The standard InChI is InChI=1S/C22H34N2O5/c1-15(2)14-18(20(26)28-6)23-19(25)17(24-21(27)29-22(3,4)5)13-12-16-10-8-7-9-11-16/h7-11,15,17-18H,12-14H2,1-6H3,(H,23,25)(H,24,27)/t17-,18-/m0/s1. The van der Waals surface area contributed by atoms with E-state index in [9.17, 15) is 14.4 Å². The third-order valence-corrected chi connectivity index (χ3v) is 4.08. The van der Waals surface area contributed by atoms with Gasteiger partial charge in [0.15, 0.2) is 0 Å². The molecular formula is C22H34N2O5. The molecule has 0 bridgehead atoms. The second-order valence-electron chi connectivity index (χ2n) is 8.44. The quantitative estimate of drug-likeness (QED) is 0.614. The van der Waals surface area contributed by atoms with Gasteiger partial charge in [0, 0.05) is 0 Å². The fourth-order valence-corrected chi connectivity index (χ4v) is 2.77.